The Labute approximate surface area is 176 Å². The molecule has 164 valence electrons. The number of imidazole rings is 1. The Kier molecular flexibility index (Phi) is 5.99. The predicted molar refractivity (Wildman–Crippen MR) is 117 cm³/mol. The van der Waals surface area contributed by atoms with Crippen LogP contribution in [-0.2, 0) is 0 Å². The van der Waals surface area contributed by atoms with E-state index in [1.54, 1.807) is 4.57 Å². The van der Waals surface area contributed by atoms with Gasteiger partial charge in [-0.2, -0.15) is 0 Å². The number of piperidine rings is 1. The molecule has 2 bridgehead atoms. The lowest BCUT2D eigenvalue weighted by molar-refractivity contribution is 0.0543. The van der Waals surface area contributed by atoms with E-state index in [1.165, 1.54) is 4.57 Å². The molecule has 3 heterocycles. The monoisotopic (exact) mass is 415 g/mol. The summed E-state index contributed by atoms with van der Waals surface area (Å²) in [5.41, 5.74) is 1.13. The van der Waals surface area contributed by atoms with E-state index in [1.807, 2.05) is 45.2 Å². The molecule has 1 amide bonds. The van der Waals surface area contributed by atoms with Crippen molar-refractivity contribution in [2.24, 2.45) is 0 Å². The fraction of sp³-hybridized carbons (Fsp3) is 0.636. The molecule has 0 saturated carbocycles. The molecule has 2 aliphatic heterocycles. The van der Waals surface area contributed by atoms with Gasteiger partial charge in [0.1, 0.15) is 0 Å². The largest absolute Gasteiger partial charge is 0.390 e. The first-order valence-electron chi connectivity index (χ1n) is 11.0. The van der Waals surface area contributed by atoms with E-state index in [0.29, 0.717) is 30.7 Å². The summed E-state index contributed by atoms with van der Waals surface area (Å²) in [5.74, 6) is 0. The number of nitrogens with one attached hydrogen (secondary N) is 2. The molecular weight excluding hydrogens is 382 g/mol. The van der Waals surface area contributed by atoms with Gasteiger partial charge in [0.2, 0.25) is 0 Å². The lowest BCUT2D eigenvalue weighted by atomic mass is 9.97. The maximum Gasteiger partial charge on any atom is 0.337 e. The molecule has 30 heavy (non-hydrogen) atoms. The molecule has 4 atom stereocenters. The van der Waals surface area contributed by atoms with Crippen LogP contribution in [0.5, 0.6) is 0 Å². The van der Waals surface area contributed by atoms with E-state index >= 15 is 0 Å². The van der Waals surface area contributed by atoms with E-state index in [0.717, 1.165) is 31.2 Å². The van der Waals surface area contributed by atoms with Gasteiger partial charge in [-0.1, -0.05) is 12.1 Å². The predicted octanol–water partition coefficient (Wildman–Crippen LogP) is 1.52. The number of hydrogen-bond acceptors (Lipinski definition) is 5. The third kappa shape index (κ3) is 3.79. The SMILES string of the molecule is CNCC(O)CN1[C@@H]2CC[C@H]1CC(NC(=O)n1c(=O)n(C(C)C)c3ccccc31)C2. The van der Waals surface area contributed by atoms with Crippen molar-refractivity contribution in [1.82, 2.24) is 24.7 Å². The number of carbonyl (C=O) groups is 1. The number of nitrogens with zero attached hydrogens (tertiary/aromatic N) is 3. The van der Waals surface area contributed by atoms with Crippen LogP contribution >= 0.6 is 0 Å². The van der Waals surface area contributed by atoms with Crippen LogP contribution in [0.15, 0.2) is 29.1 Å². The van der Waals surface area contributed by atoms with Crippen molar-refractivity contribution < 1.29 is 9.90 Å². The molecule has 1 aromatic heterocycles. The fourth-order valence-electron chi connectivity index (χ4n) is 5.34. The van der Waals surface area contributed by atoms with Gasteiger partial charge in [-0.15, -0.1) is 0 Å². The van der Waals surface area contributed by atoms with Crippen LogP contribution < -0.4 is 16.3 Å². The summed E-state index contributed by atoms with van der Waals surface area (Å²) in [6.45, 7) is 5.15. The highest BCUT2D eigenvalue weighted by molar-refractivity contribution is 5.89. The lowest BCUT2D eigenvalue weighted by Gasteiger charge is -2.40. The van der Waals surface area contributed by atoms with Crippen LogP contribution in [0.25, 0.3) is 11.0 Å². The second-order valence-electron chi connectivity index (χ2n) is 8.98. The van der Waals surface area contributed by atoms with Gasteiger partial charge in [0.15, 0.2) is 0 Å². The number of aliphatic hydroxyl groups excluding tert-OH is 1. The van der Waals surface area contributed by atoms with Gasteiger partial charge in [0.25, 0.3) is 0 Å². The van der Waals surface area contributed by atoms with Crippen molar-refractivity contribution in [3.05, 3.63) is 34.7 Å². The molecule has 2 aromatic rings. The van der Waals surface area contributed by atoms with E-state index in [4.69, 9.17) is 0 Å². The number of fused-ring (bicyclic) bond motifs is 3. The number of rotatable bonds is 6. The fourth-order valence-corrected chi connectivity index (χ4v) is 5.34. The zero-order valence-corrected chi connectivity index (χ0v) is 18.0. The van der Waals surface area contributed by atoms with E-state index in [2.05, 4.69) is 15.5 Å². The van der Waals surface area contributed by atoms with Crippen molar-refractivity contribution in [1.29, 1.82) is 0 Å². The molecule has 0 aliphatic carbocycles. The standard InChI is InChI=1S/C22H33N5O3/c1-14(2)26-19-6-4-5-7-20(19)27(22(26)30)21(29)24-15-10-16-8-9-17(11-15)25(16)13-18(28)12-23-3/h4-7,14-18,23,28H,8-13H2,1-3H3,(H,24,29)/t15?,16-,17+,18?. The van der Waals surface area contributed by atoms with Crippen LogP contribution in [0.1, 0.15) is 45.6 Å². The quantitative estimate of drug-likeness (QED) is 0.665. The van der Waals surface area contributed by atoms with Gasteiger partial charge < -0.3 is 15.7 Å². The van der Waals surface area contributed by atoms with Gasteiger partial charge in [0.05, 0.1) is 17.1 Å². The highest BCUT2D eigenvalue weighted by Gasteiger charge is 2.41. The van der Waals surface area contributed by atoms with Crippen molar-refractivity contribution in [3.63, 3.8) is 0 Å². The van der Waals surface area contributed by atoms with E-state index < -0.39 is 0 Å². The van der Waals surface area contributed by atoms with Crippen LogP contribution in [-0.4, -0.2) is 69.5 Å². The molecule has 2 saturated heterocycles. The Morgan fingerprint density at radius 2 is 1.80 bits per heavy atom. The first-order valence-corrected chi connectivity index (χ1v) is 11.0. The van der Waals surface area contributed by atoms with Crippen molar-refractivity contribution in [3.8, 4) is 0 Å². The van der Waals surface area contributed by atoms with Crippen molar-refractivity contribution >= 4 is 17.1 Å². The first kappa shape index (κ1) is 21.1. The minimum atomic E-state index is -0.384. The van der Waals surface area contributed by atoms with Gasteiger partial charge in [-0.25, -0.2) is 14.2 Å². The summed E-state index contributed by atoms with van der Waals surface area (Å²) in [6, 6.07) is 7.86. The molecular formula is C22H33N5O3. The minimum Gasteiger partial charge on any atom is -0.390 e. The third-order valence-corrected chi connectivity index (χ3v) is 6.57. The molecule has 4 rings (SSSR count). The van der Waals surface area contributed by atoms with Gasteiger partial charge in [-0.3, -0.25) is 9.47 Å². The van der Waals surface area contributed by atoms with E-state index in [-0.39, 0.29) is 29.9 Å². The summed E-state index contributed by atoms with van der Waals surface area (Å²) in [4.78, 5) is 28.6. The molecule has 2 aliphatic rings. The number of benzene rings is 1. The van der Waals surface area contributed by atoms with Crippen LogP contribution in [0.4, 0.5) is 4.79 Å². The average molecular weight is 416 g/mol. The third-order valence-electron chi connectivity index (χ3n) is 6.57. The molecule has 0 spiro atoms. The number of likely N-dealkylation sites (N-methyl/N-ethyl adjacent to an activating group) is 1. The highest BCUT2D eigenvalue weighted by atomic mass is 16.3. The average Bonchev–Trinajstić information content (AvgIpc) is 3.10. The second-order valence-corrected chi connectivity index (χ2v) is 8.98. The van der Waals surface area contributed by atoms with Gasteiger partial charge in [-0.05, 0) is 58.7 Å². The highest BCUT2D eigenvalue weighted by Crippen LogP contribution is 2.35. The molecule has 0 radical (unpaired) electrons. The van der Waals surface area contributed by atoms with E-state index in [9.17, 15) is 14.7 Å². The molecule has 8 nitrogen and oxygen atoms in total. The van der Waals surface area contributed by atoms with Crippen molar-refractivity contribution in [2.75, 3.05) is 20.1 Å². The van der Waals surface area contributed by atoms with Gasteiger partial charge >= 0.3 is 11.7 Å². The Morgan fingerprint density at radius 1 is 1.17 bits per heavy atom. The van der Waals surface area contributed by atoms with Crippen LogP contribution in [0.2, 0.25) is 0 Å². The Balaban J connectivity index is 1.50. The lowest BCUT2D eigenvalue weighted by Crippen LogP contribution is -2.54. The number of aromatic nitrogens is 2. The van der Waals surface area contributed by atoms with Crippen molar-refractivity contribution in [2.45, 2.75) is 69.8 Å². The minimum absolute atomic E-state index is 0.0282. The normalized spacial score (nSPS) is 25.2. The summed E-state index contributed by atoms with van der Waals surface area (Å²) in [7, 11) is 1.85. The second kappa shape index (κ2) is 8.53. The molecule has 8 heteroatoms. The topological polar surface area (TPSA) is 91.5 Å². The zero-order valence-electron chi connectivity index (χ0n) is 18.0. The van der Waals surface area contributed by atoms with Crippen LogP contribution in [0, 0.1) is 0 Å². The number of aliphatic hydroxyl groups is 1. The Hall–Kier alpha value is -2.16. The molecule has 2 fully saturated rings. The van der Waals surface area contributed by atoms with Crippen LogP contribution in [0.3, 0.4) is 0 Å². The zero-order chi connectivity index (χ0) is 21.4. The van der Waals surface area contributed by atoms with Gasteiger partial charge in [0, 0.05) is 37.3 Å². The summed E-state index contributed by atoms with van der Waals surface area (Å²) in [6.07, 6.45) is 3.51. The molecule has 3 N–H and O–H groups in total. The number of hydrogen-bond donors (Lipinski definition) is 3. The number of amides is 1. The number of para-hydroxylation sites is 2. The maximum absolute atomic E-state index is 13.1. The number of carbonyl (C=O) groups excluding carboxylic acids is 1. The summed E-state index contributed by atoms with van der Waals surface area (Å²) in [5, 5.41) is 16.3. The summed E-state index contributed by atoms with van der Waals surface area (Å²) < 4.78 is 2.95. The Bertz CT molecular complexity index is 951. The molecule has 2 unspecified atom stereocenters. The Morgan fingerprint density at radius 3 is 2.40 bits per heavy atom. The molecule has 1 aromatic carbocycles. The maximum atomic E-state index is 13.1. The first-order chi connectivity index (χ1) is 14.4. The summed E-state index contributed by atoms with van der Waals surface area (Å²) >= 11 is 0. The smallest absolute Gasteiger partial charge is 0.337 e.